The number of ether oxygens (including phenoxy) is 1. The Balaban J connectivity index is 1.72. The Hall–Kier alpha value is -3.67. The van der Waals surface area contributed by atoms with Crippen molar-refractivity contribution in [2.24, 2.45) is 11.8 Å². The van der Waals surface area contributed by atoms with E-state index in [-0.39, 0.29) is 21.8 Å². The molecule has 11 nitrogen and oxygen atoms in total. The second-order valence-electron chi connectivity index (χ2n) is 10.4. The topological polar surface area (TPSA) is 145 Å². The second kappa shape index (κ2) is 10.0. The summed E-state index contributed by atoms with van der Waals surface area (Å²) in [6.45, 7) is 11.6. The number of nitrogens with one attached hydrogen (secondary N) is 1. The molecule has 3 N–H and O–H groups in total. The van der Waals surface area contributed by atoms with Crippen molar-refractivity contribution in [2.75, 3.05) is 23.8 Å². The Morgan fingerprint density at radius 1 is 1.27 bits per heavy atom. The van der Waals surface area contributed by atoms with E-state index in [4.69, 9.17) is 15.5 Å². The molecule has 0 spiro atoms. The average Bonchev–Trinajstić information content (AvgIpc) is 3.40. The van der Waals surface area contributed by atoms with Crippen LogP contribution in [0, 0.1) is 11.8 Å². The minimum Gasteiger partial charge on any atom is -0.476 e. The van der Waals surface area contributed by atoms with Gasteiger partial charge < -0.3 is 15.4 Å². The number of nitrogen functional groups attached to an aromatic ring is 1. The number of hydrogen-bond donors (Lipinski definition) is 2. The molecule has 1 aliphatic heterocycles. The largest absolute Gasteiger partial charge is 0.476 e. The number of sulfonamides is 1. The van der Waals surface area contributed by atoms with E-state index in [1.165, 1.54) is 18.3 Å². The maximum atomic E-state index is 13.4. The number of carbonyl (C=O) groups excluding carboxylic acids is 1. The molecule has 12 heteroatoms. The SMILES string of the molecule is CC(C)COc1ccn(-c2ccc(C(=O)NS(=O)(=O)c3cccnc3N)c(N3C[C@@H](C)CC3(C)C)n2)n1. The normalized spacial score (nSPS) is 17.2. The van der Waals surface area contributed by atoms with E-state index < -0.39 is 15.9 Å². The first kappa shape index (κ1) is 26.4. The standard InChI is InChI=1S/C25H33N7O4S/c1-16(2)15-36-21-10-12-32(29-21)20-9-8-18(23(28-20)31-14-17(3)13-25(31,4)5)24(33)30-37(34,35)19-7-6-11-27-22(19)26/h6-12,16-17H,13-15H2,1-5H3,(H2,26,27)(H,30,33)/t17-/m0/s1. The molecule has 1 aliphatic rings. The van der Waals surface area contributed by atoms with E-state index >= 15 is 0 Å². The molecule has 1 saturated heterocycles. The van der Waals surface area contributed by atoms with E-state index in [0.29, 0.717) is 42.5 Å². The zero-order chi connectivity index (χ0) is 27.0. The Labute approximate surface area is 217 Å². The summed E-state index contributed by atoms with van der Waals surface area (Å²) in [7, 11) is -4.26. The van der Waals surface area contributed by atoms with Gasteiger partial charge in [-0.3, -0.25) is 4.79 Å². The van der Waals surface area contributed by atoms with Crippen molar-refractivity contribution in [3.63, 3.8) is 0 Å². The van der Waals surface area contributed by atoms with E-state index in [2.05, 4.69) is 49.4 Å². The lowest BCUT2D eigenvalue weighted by Gasteiger charge is -2.34. The molecule has 37 heavy (non-hydrogen) atoms. The highest BCUT2D eigenvalue weighted by Gasteiger charge is 2.39. The van der Waals surface area contributed by atoms with Crippen molar-refractivity contribution in [3.8, 4) is 11.7 Å². The van der Waals surface area contributed by atoms with Gasteiger partial charge in [0.05, 0.1) is 12.2 Å². The lowest BCUT2D eigenvalue weighted by atomic mass is 9.97. The number of carbonyl (C=O) groups is 1. The van der Waals surface area contributed by atoms with Crippen molar-refractivity contribution in [3.05, 3.63) is 48.3 Å². The molecule has 0 unspecified atom stereocenters. The average molecular weight is 528 g/mol. The van der Waals surface area contributed by atoms with Gasteiger partial charge in [0, 0.05) is 30.5 Å². The summed E-state index contributed by atoms with van der Waals surface area (Å²) in [6, 6.07) is 7.66. The van der Waals surface area contributed by atoms with Crippen LogP contribution in [0.1, 0.15) is 51.4 Å². The molecule has 1 fully saturated rings. The van der Waals surface area contributed by atoms with Gasteiger partial charge in [-0.15, -0.1) is 5.10 Å². The molecule has 0 aliphatic carbocycles. The first-order valence-corrected chi connectivity index (χ1v) is 13.6. The fourth-order valence-corrected chi connectivity index (χ4v) is 5.58. The second-order valence-corrected chi connectivity index (χ2v) is 12.0. The molecule has 4 rings (SSSR count). The van der Waals surface area contributed by atoms with Gasteiger partial charge in [0.15, 0.2) is 5.82 Å². The van der Waals surface area contributed by atoms with Crippen LogP contribution in [0.15, 0.2) is 47.6 Å². The molecule has 1 amide bonds. The maximum absolute atomic E-state index is 13.4. The summed E-state index contributed by atoms with van der Waals surface area (Å²) in [5, 5.41) is 4.45. The smallest absolute Gasteiger partial charge is 0.268 e. The molecule has 198 valence electrons. The summed E-state index contributed by atoms with van der Waals surface area (Å²) in [5.74, 6) is 1.02. The minimum atomic E-state index is -4.26. The predicted molar refractivity (Wildman–Crippen MR) is 140 cm³/mol. The number of pyridine rings is 2. The maximum Gasteiger partial charge on any atom is 0.268 e. The van der Waals surface area contributed by atoms with Gasteiger partial charge in [-0.1, -0.05) is 20.8 Å². The van der Waals surface area contributed by atoms with Gasteiger partial charge in [0.1, 0.15) is 16.5 Å². The zero-order valence-electron chi connectivity index (χ0n) is 21.7. The van der Waals surface area contributed by atoms with Crippen LogP contribution in [0.5, 0.6) is 5.88 Å². The van der Waals surface area contributed by atoms with Crippen LogP contribution in [-0.2, 0) is 10.0 Å². The number of aromatic nitrogens is 4. The summed E-state index contributed by atoms with van der Waals surface area (Å²) >= 11 is 0. The minimum absolute atomic E-state index is 0.125. The number of amides is 1. The molecule has 0 saturated carbocycles. The molecule has 1 atom stereocenters. The highest BCUT2D eigenvalue weighted by molar-refractivity contribution is 7.90. The van der Waals surface area contributed by atoms with Crippen LogP contribution in [0.2, 0.25) is 0 Å². The van der Waals surface area contributed by atoms with Crippen LogP contribution in [0.3, 0.4) is 0 Å². The van der Waals surface area contributed by atoms with E-state index in [1.807, 2.05) is 4.90 Å². The van der Waals surface area contributed by atoms with Crippen LogP contribution >= 0.6 is 0 Å². The molecule has 0 aromatic carbocycles. The zero-order valence-corrected chi connectivity index (χ0v) is 22.5. The summed E-state index contributed by atoms with van der Waals surface area (Å²) < 4.78 is 35.3. The van der Waals surface area contributed by atoms with E-state index in [9.17, 15) is 13.2 Å². The molecular weight excluding hydrogens is 494 g/mol. The van der Waals surface area contributed by atoms with Crippen molar-refractivity contribution in [2.45, 2.75) is 51.5 Å². The monoisotopic (exact) mass is 527 g/mol. The third-order valence-electron chi connectivity index (χ3n) is 6.11. The van der Waals surface area contributed by atoms with Gasteiger partial charge in [0.2, 0.25) is 5.88 Å². The number of nitrogens with zero attached hydrogens (tertiary/aromatic N) is 5. The lowest BCUT2D eigenvalue weighted by Crippen LogP contribution is -2.41. The van der Waals surface area contributed by atoms with Crippen LogP contribution in [0.4, 0.5) is 11.6 Å². The molecule has 3 aromatic rings. The molecule has 4 heterocycles. The molecule has 0 radical (unpaired) electrons. The summed E-state index contributed by atoms with van der Waals surface area (Å²) in [5.41, 5.74) is 5.57. The lowest BCUT2D eigenvalue weighted by molar-refractivity contribution is 0.0981. The first-order valence-electron chi connectivity index (χ1n) is 12.1. The molecule has 3 aromatic heterocycles. The van der Waals surface area contributed by atoms with Crippen molar-refractivity contribution in [1.29, 1.82) is 0 Å². The quantitative estimate of drug-likeness (QED) is 0.451. The Kier molecular flexibility index (Phi) is 7.13. The van der Waals surface area contributed by atoms with Crippen LogP contribution in [-0.4, -0.2) is 52.8 Å². The summed E-state index contributed by atoms with van der Waals surface area (Å²) in [4.78, 5) is 23.7. The number of nitrogens with two attached hydrogens (primary N) is 1. The highest BCUT2D eigenvalue weighted by Crippen LogP contribution is 2.37. The summed E-state index contributed by atoms with van der Waals surface area (Å²) in [6.07, 6.45) is 4.00. The van der Waals surface area contributed by atoms with Crippen molar-refractivity contribution < 1.29 is 17.9 Å². The fraction of sp³-hybridized carbons (Fsp3) is 0.440. The third kappa shape index (κ3) is 5.68. The fourth-order valence-electron chi connectivity index (χ4n) is 4.53. The predicted octanol–water partition coefficient (Wildman–Crippen LogP) is 3.02. The van der Waals surface area contributed by atoms with E-state index in [1.54, 1.807) is 29.1 Å². The van der Waals surface area contributed by atoms with Gasteiger partial charge in [0.25, 0.3) is 15.9 Å². The third-order valence-corrected chi connectivity index (χ3v) is 7.49. The van der Waals surface area contributed by atoms with Gasteiger partial charge in [-0.05, 0) is 56.4 Å². The first-order chi connectivity index (χ1) is 17.4. The van der Waals surface area contributed by atoms with Gasteiger partial charge in [-0.25, -0.2) is 27.8 Å². The molecule has 0 bridgehead atoms. The number of hydrogen-bond acceptors (Lipinski definition) is 9. The van der Waals surface area contributed by atoms with Gasteiger partial charge >= 0.3 is 0 Å². The Morgan fingerprint density at radius 3 is 2.68 bits per heavy atom. The Morgan fingerprint density at radius 2 is 2.03 bits per heavy atom. The number of rotatable bonds is 8. The highest BCUT2D eigenvalue weighted by atomic mass is 32.2. The van der Waals surface area contributed by atoms with E-state index in [0.717, 1.165) is 6.42 Å². The van der Waals surface area contributed by atoms with Crippen molar-refractivity contribution in [1.82, 2.24) is 24.5 Å². The van der Waals surface area contributed by atoms with Crippen LogP contribution < -0.4 is 20.1 Å². The Bertz CT molecular complexity index is 1400. The van der Waals surface area contributed by atoms with Crippen molar-refractivity contribution >= 4 is 27.6 Å². The van der Waals surface area contributed by atoms with Crippen LogP contribution in [0.25, 0.3) is 5.82 Å². The van der Waals surface area contributed by atoms with Gasteiger partial charge in [-0.2, -0.15) is 0 Å². The number of anilines is 2. The molecular formula is C25H33N7O4S.